The van der Waals surface area contributed by atoms with Crippen molar-refractivity contribution in [2.75, 3.05) is 31.9 Å². The molecule has 0 radical (unpaired) electrons. The number of carbonyl (C=O) groups is 1. The quantitative estimate of drug-likeness (QED) is 0.292. The molecular formula is C25H29FN4O2S. The number of nitrogens with zero attached hydrogens (tertiary/aromatic N) is 3. The minimum Gasteiger partial charge on any atom is -0.355 e. The van der Waals surface area contributed by atoms with Crippen LogP contribution in [0, 0.1) is 5.82 Å². The van der Waals surface area contributed by atoms with Gasteiger partial charge in [-0.05, 0) is 56.6 Å². The Kier molecular flexibility index (Phi) is 8.12. The Labute approximate surface area is 197 Å². The van der Waals surface area contributed by atoms with Gasteiger partial charge < -0.3 is 10.2 Å². The molecule has 0 bridgehead atoms. The summed E-state index contributed by atoms with van der Waals surface area (Å²) in [7, 11) is 0. The second kappa shape index (κ2) is 11.4. The summed E-state index contributed by atoms with van der Waals surface area (Å²) < 4.78 is 15.9. The highest BCUT2D eigenvalue weighted by atomic mass is 32.2. The van der Waals surface area contributed by atoms with Crippen molar-refractivity contribution in [2.45, 2.75) is 37.3 Å². The Morgan fingerprint density at radius 2 is 1.82 bits per heavy atom. The van der Waals surface area contributed by atoms with Crippen LogP contribution in [0.15, 0.2) is 58.5 Å². The van der Waals surface area contributed by atoms with Gasteiger partial charge in [-0.1, -0.05) is 42.4 Å². The fourth-order valence-corrected chi connectivity index (χ4v) is 5.02. The van der Waals surface area contributed by atoms with Crippen molar-refractivity contribution in [2.24, 2.45) is 0 Å². The third kappa shape index (κ3) is 6.00. The molecule has 6 nitrogen and oxygen atoms in total. The lowest BCUT2D eigenvalue weighted by atomic mass is 10.1. The molecule has 2 aromatic carbocycles. The van der Waals surface area contributed by atoms with E-state index in [4.69, 9.17) is 0 Å². The first-order valence-electron chi connectivity index (χ1n) is 11.5. The maximum absolute atomic E-state index is 14.5. The number of likely N-dealkylation sites (tertiary alicyclic amines) is 1. The molecular weight excluding hydrogens is 439 g/mol. The molecule has 0 unspecified atom stereocenters. The molecule has 1 aliphatic rings. The van der Waals surface area contributed by atoms with Crippen LogP contribution in [-0.2, 0) is 4.79 Å². The lowest BCUT2D eigenvalue weighted by Crippen LogP contribution is -2.37. The number of rotatable bonds is 9. The molecule has 1 saturated heterocycles. The molecule has 3 aromatic rings. The van der Waals surface area contributed by atoms with Crippen LogP contribution in [0.1, 0.15) is 32.1 Å². The topological polar surface area (TPSA) is 67.2 Å². The molecule has 0 aliphatic carbocycles. The van der Waals surface area contributed by atoms with Crippen molar-refractivity contribution in [3.63, 3.8) is 0 Å². The smallest absolute Gasteiger partial charge is 0.266 e. The maximum atomic E-state index is 14.5. The summed E-state index contributed by atoms with van der Waals surface area (Å²) in [6, 6.07) is 13.3. The average molecular weight is 469 g/mol. The van der Waals surface area contributed by atoms with Gasteiger partial charge in [-0.2, -0.15) is 0 Å². The van der Waals surface area contributed by atoms with Crippen LogP contribution < -0.4 is 10.9 Å². The van der Waals surface area contributed by atoms with E-state index in [0.717, 1.165) is 19.6 Å². The van der Waals surface area contributed by atoms with E-state index in [0.29, 0.717) is 41.2 Å². The van der Waals surface area contributed by atoms with Gasteiger partial charge in [0.2, 0.25) is 5.91 Å². The van der Waals surface area contributed by atoms with Crippen molar-refractivity contribution in [1.82, 2.24) is 19.8 Å². The molecule has 2 heterocycles. The fourth-order valence-electron chi connectivity index (χ4n) is 4.08. The number of nitrogens with one attached hydrogen (secondary N) is 1. The van der Waals surface area contributed by atoms with Gasteiger partial charge in [-0.25, -0.2) is 9.37 Å². The molecule has 8 heteroatoms. The fraction of sp³-hybridized carbons (Fsp3) is 0.400. The predicted molar refractivity (Wildman–Crippen MR) is 131 cm³/mol. The lowest BCUT2D eigenvalue weighted by Gasteiger charge is -2.26. The molecule has 0 saturated carbocycles. The first kappa shape index (κ1) is 23.4. The summed E-state index contributed by atoms with van der Waals surface area (Å²) in [5.41, 5.74) is 0.454. The predicted octanol–water partition coefficient (Wildman–Crippen LogP) is 4.00. The van der Waals surface area contributed by atoms with Crippen LogP contribution in [0.25, 0.3) is 16.6 Å². The number of hydrogen-bond acceptors (Lipinski definition) is 5. The Morgan fingerprint density at radius 3 is 2.64 bits per heavy atom. The number of halogens is 1. The van der Waals surface area contributed by atoms with Gasteiger partial charge in [-0.15, -0.1) is 0 Å². The molecule has 1 N–H and O–H groups in total. The molecule has 0 atom stereocenters. The number of fused-ring (bicyclic) bond motifs is 1. The zero-order valence-electron chi connectivity index (χ0n) is 18.6. The van der Waals surface area contributed by atoms with E-state index < -0.39 is 5.82 Å². The van der Waals surface area contributed by atoms with E-state index in [1.165, 1.54) is 41.7 Å². The SMILES string of the molecule is O=C(CCCSc1nc2ccccc2c(=O)n1-c1ccccc1F)NCCN1CCCCC1. The highest BCUT2D eigenvalue weighted by Crippen LogP contribution is 2.23. The number of aromatic nitrogens is 2. The van der Waals surface area contributed by atoms with Crippen molar-refractivity contribution in [3.8, 4) is 5.69 Å². The molecule has 1 fully saturated rings. The normalized spacial score (nSPS) is 14.5. The van der Waals surface area contributed by atoms with E-state index in [1.807, 2.05) is 6.07 Å². The van der Waals surface area contributed by atoms with Gasteiger partial charge >= 0.3 is 0 Å². The Bertz CT molecular complexity index is 1160. The average Bonchev–Trinajstić information content (AvgIpc) is 2.83. The van der Waals surface area contributed by atoms with Crippen molar-refractivity contribution in [3.05, 3.63) is 64.7 Å². The first-order chi connectivity index (χ1) is 16.1. The van der Waals surface area contributed by atoms with Crippen LogP contribution in [0.3, 0.4) is 0 Å². The van der Waals surface area contributed by atoms with Gasteiger partial charge in [0.1, 0.15) is 5.82 Å². The highest BCUT2D eigenvalue weighted by Gasteiger charge is 2.16. The van der Waals surface area contributed by atoms with E-state index in [-0.39, 0.29) is 17.2 Å². The number of carbonyl (C=O) groups excluding carboxylic acids is 1. The summed E-state index contributed by atoms with van der Waals surface area (Å²) in [6.45, 7) is 3.81. The minimum absolute atomic E-state index is 0.0329. The Hall–Kier alpha value is -2.71. The molecule has 174 valence electrons. The summed E-state index contributed by atoms with van der Waals surface area (Å²) in [5, 5.41) is 3.86. The number of amides is 1. The van der Waals surface area contributed by atoms with Crippen molar-refractivity contribution in [1.29, 1.82) is 0 Å². The minimum atomic E-state index is -0.480. The van der Waals surface area contributed by atoms with Crippen LogP contribution in [0.5, 0.6) is 0 Å². The van der Waals surface area contributed by atoms with Crippen LogP contribution in [0.2, 0.25) is 0 Å². The third-order valence-corrected chi connectivity index (χ3v) is 6.84. The summed E-state index contributed by atoms with van der Waals surface area (Å²) in [4.78, 5) is 32.4. The Morgan fingerprint density at radius 1 is 1.06 bits per heavy atom. The van der Waals surface area contributed by atoms with Gasteiger partial charge in [0.25, 0.3) is 5.56 Å². The van der Waals surface area contributed by atoms with Crippen molar-refractivity contribution >= 4 is 28.6 Å². The Balaban J connectivity index is 1.38. The molecule has 4 rings (SSSR count). The summed E-state index contributed by atoms with van der Waals surface area (Å²) in [5.74, 6) is 0.149. The molecule has 1 amide bonds. The monoisotopic (exact) mass is 468 g/mol. The number of benzene rings is 2. The number of para-hydroxylation sites is 2. The lowest BCUT2D eigenvalue weighted by molar-refractivity contribution is -0.121. The largest absolute Gasteiger partial charge is 0.355 e. The zero-order valence-corrected chi connectivity index (χ0v) is 19.5. The first-order valence-corrected chi connectivity index (χ1v) is 12.5. The molecule has 0 spiro atoms. The van der Waals surface area contributed by atoms with E-state index in [2.05, 4.69) is 15.2 Å². The van der Waals surface area contributed by atoms with E-state index in [9.17, 15) is 14.0 Å². The van der Waals surface area contributed by atoms with Gasteiger partial charge in [0, 0.05) is 25.3 Å². The molecule has 1 aliphatic heterocycles. The van der Waals surface area contributed by atoms with Gasteiger partial charge in [-0.3, -0.25) is 14.2 Å². The molecule has 1 aromatic heterocycles. The number of thioether (sulfide) groups is 1. The zero-order chi connectivity index (χ0) is 23.0. The van der Waals surface area contributed by atoms with Crippen molar-refractivity contribution < 1.29 is 9.18 Å². The van der Waals surface area contributed by atoms with Gasteiger partial charge in [0.15, 0.2) is 5.16 Å². The summed E-state index contributed by atoms with van der Waals surface area (Å²) in [6.07, 6.45) is 4.83. The number of hydrogen-bond donors (Lipinski definition) is 1. The number of piperidine rings is 1. The van der Waals surface area contributed by atoms with E-state index >= 15 is 0 Å². The molecule has 33 heavy (non-hydrogen) atoms. The summed E-state index contributed by atoms with van der Waals surface area (Å²) >= 11 is 1.37. The second-order valence-corrected chi connectivity index (χ2v) is 9.27. The van der Waals surface area contributed by atoms with Crippen LogP contribution in [0.4, 0.5) is 4.39 Å². The third-order valence-electron chi connectivity index (χ3n) is 5.82. The van der Waals surface area contributed by atoms with Gasteiger partial charge in [0.05, 0.1) is 16.6 Å². The maximum Gasteiger partial charge on any atom is 0.266 e. The standard InChI is InChI=1S/C25H29FN4O2S/c26-20-10-3-5-12-22(20)30-24(32)19-9-2-4-11-21(19)28-25(30)33-18-8-13-23(31)27-14-17-29-15-6-1-7-16-29/h2-5,9-12H,1,6-8,13-18H2,(H,27,31). The van der Waals surface area contributed by atoms with Crippen LogP contribution >= 0.6 is 11.8 Å². The van der Waals surface area contributed by atoms with E-state index in [1.54, 1.807) is 36.4 Å². The second-order valence-electron chi connectivity index (χ2n) is 8.21. The highest BCUT2D eigenvalue weighted by molar-refractivity contribution is 7.99. The van der Waals surface area contributed by atoms with Crippen LogP contribution in [-0.4, -0.2) is 52.3 Å².